The van der Waals surface area contributed by atoms with Crippen LogP contribution in [0.15, 0.2) is 52.3 Å². The van der Waals surface area contributed by atoms with Crippen molar-refractivity contribution in [2.45, 2.75) is 39.3 Å². The number of amides is 2. The maximum atomic E-state index is 12.8. The number of anilines is 1. The fourth-order valence-electron chi connectivity index (χ4n) is 3.94. The number of carbonyl (C=O) groups excluding carboxylic acids is 2. The van der Waals surface area contributed by atoms with E-state index in [-0.39, 0.29) is 24.9 Å². The highest BCUT2D eigenvalue weighted by atomic mass is 16.6. The molecule has 10 heteroatoms. The Bertz CT molecular complexity index is 1350. The molecule has 0 bridgehead atoms. The molecule has 2 N–H and O–H groups in total. The fourth-order valence-corrected chi connectivity index (χ4v) is 3.94. The third kappa shape index (κ3) is 5.16. The van der Waals surface area contributed by atoms with Gasteiger partial charge in [-0.25, -0.2) is 9.59 Å². The van der Waals surface area contributed by atoms with E-state index in [0.29, 0.717) is 35.1 Å². The number of rotatable bonds is 4. The molecule has 3 heterocycles. The number of ether oxygens (including phenoxy) is 1. The number of para-hydroxylation sites is 1. The Hall–Kier alpha value is -3.95. The summed E-state index contributed by atoms with van der Waals surface area (Å²) in [7, 11) is 0. The van der Waals surface area contributed by atoms with Crippen LogP contribution in [0.5, 0.6) is 0 Å². The maximum absolute atomic E-state index is 12.8. The van der Waals surface area contributed by atoms with Crippen molar-refractivity contribution in [2.24, 2.45) is 5.92 Å². The van der Waals surface area contributed by atoms with E-state index in [1.54, 1.807) is 57.3 Å². The Kier molecular flexibility index (Phi) is 6.23. The van der Waals surface area contributed by atoms with Gasteiger partial charge in [-0.15, -0.1) is 0 Å². The van der Waals surface area contributed by atoms with Gasteiger partial charge in [-0.2, -0.15) is 0 Å². The molecule has 1 fully saturated rings. The van der Waals surface area contributed by atoms with Crippen LogP contribution in [0, 0.1) is 5.92 Å². The molecular weight excluding hydrogens is 438 g/mol. The van der Waals surface area contributed by atoms with Crippen molar-refractivity contribution in [1.82, 2.24) is 19.4 Å². The van der Waals surface area contributed by atoms with Gasteiger partial charge >= 0.3 is 11.8 Å². The van der Waals surface area contributed by atoms with Gasteiger partial charge in [0.15, 0.2) is 0 Å². The Labute approximate surface area is 195 Å². The largest absolute Gasteiger partial charge is 0.444 e. The topological polar surface area (TPSA) is 126 Å². The summed E-state index contributed by atoms with van der Waals surface area (Å²) in [5.74, 6) is -0.571. The van der Waals surface area contributed by atoms with E-state index in [2.05, 4.69) is 15.3 Å². The van der Waals surface area contributed by atoms with Gasteiger partial charge in [0.2, 0.25) is 5.91 Å². The van der Waals surface area contributed by atoms with Crippen LogP contribution in [0.3, 0.4) is 0 Å². The molecular formula is C24H27N5O5. The number of H-pyrrole nitrogens is 1. The van der Waals surface area contributed by atoms with Crippen LogP contribution in [0.2, 0.25) is 0 Å². The number of nitrogens with zero attached hydrogens (tertiary/aromatic N) is 3. The molecule has 0 unspecified atom stereocenters. The average molecular weight is 466 g/mol. The average Bonchev–Trinajstić information content (AvgIpc) is 3.27. The van der Waals surface area contributed by atoms with E-state index in [0.717, 1.165) is 0 Å². The molecule has 0 aliphatic carbocycles. The molecule has 0 radical (unpaired) electrons. The summed E-state index contributed by atoms with van der Waals surface area (Å²) < 4.78 is 6.84. The molecule has 4 rings (SSSR count). The normalized spacial score (nSPS) is 16.0. The molecule has 2 aromatic heterocycles. The molecule has 178 valence electrons. The molecule has 34 heavy (non-hydrogen) atoms. The summed E-state index contributed by atoms with van der Waals surface area (Å²) in [6.45, 7) is 6.31. The maximum Gasteiger partial charge on any atom is 0.410 e. The number of nitrogens with one attached hydrogen (secondary N) is 2. The van der Waals surface area contributed by atoms with Crippen molar-refractivity contribution in [3.8, 4) is 0 Å². The number of carbonyl (C=O) groups is 2. The van der Waals surface area contributed by atoms with Crippen LogP contribution in [-0.4, -0.2) is 50.1 Å². The summed E-state index contributed by atoms with van der Waals surface area (Å²) in [6.07, 6.45) is 3.24. The van der Waals surface area contributed by atoms with Gasteiger partial charge in [0.25, 0.3) is 5.56 Å². The lowest BCUT2D eigenvalue weighted by molar-refractivity contribution is -0.119. The quantitative estimate of drug-likeness (QED) is 0.609. The summed E-state index contributed by atoms with van der Waals surface area (Å²) in [4.78, 5) is 57.6. The molecule has 10 nitrogen and oxygen atoms in total. The minimum atomic E-state index is -0.595. The molecule has 3 aromatic rings. The molecule has 1 aliphatic heterocycles. The van der Waals surface area contributed by atoms with E-state index in [9.17, 15) is 19.2 Å². The highest BCUT2D eigenvalue weighted by molar-refractivity contribution is 5.93. The molecule has 1 aliphatic rings. The summed E-state index contributed by atoms with van der Waals surface area (Å²) in [6, 6.07) is 8.59. The Morgan fingerprint density at radius 3 is 2.74 bits per heavy atom. The summed E-state index contributed by atoms with van der Waals surface area (Å²) in [5, 5.41) is 3.27. The number of aromatic amines is 1. The van der Waals surface area contributed by atoms with Gasteiger partial charge in [0, 0.05) is 19.3 Å². The molecule has 0 saturated carbocycles. The summed E-state index contributed by atoms with van der Waals surface area (Å²) in [5.41, 5.74) is 0.125. The number of pyridine rings is 1. The second-order valence-corrected chi connectivity index (χ2v) is 9.35. The zero-order valence-electron chi connectivity index (χ0n) is 19.3. The van der Waals surface area contributed by atoms with Gasteiger partial charge in [0.1, 0.15) is 5.60 Å². The molecule has 2 amide bonds. The smallest absolute Gasteiger partial charge is 0.410 e. The SMILES string of the molecule is CC(C)(C)OC(=O)N1CC[C@H](C(=O)Nc2cncc(Cn3c(=O)[nH]c(=O)c4ccccc43)c2)C1. The first-order chi connectivity index (χ1) is 16.1. The molecule has 1 saturated heterocycles. The van der Waals surface area contributed by atoms with Crippen molar-refractivity contribution >= 4 is 28.6 Å². The van der Waals surface area contributed by atoms with E-state index >= 15 is 0 Å². The third-order valence-electron chi connectivity index (χ3n) is 5.52. The van der Waals surface area contributed by atoms with Crippen molar-refractivity contribution in [2.75, 3.05) is 18.4 Å². The highest BCUT2D eigenvalue weighted by Crippen LogP contribution is 2.21. The highest BCUT2D eigenvalue weighted by Gasteiger charge is 2.33. The number of likely N-dealkylation sites (tertiary alicyclic amines) is 1. The standard InChI is InChI=1S/C24H27N5O5/c1-24(2,3)34-23(33)28-9-8-16(14-28)20(30)26-17-10-15(11-25-12-17)13-29-19-7-5-4-6-18(19)21(31)27-22(29)32/h4-7,10-12,16H,8-9,13-14H2,1-3H3,(H,26,30)(H,27,31,32)/t16-/m0/s1. The Balaban J connectivity index is 1.46. The minimum Gasteiger partial charge on any atom is -0.444 e. The van der Waals surface area contributed by atoms with E-state index in [1.165, 1.54) is 15.7 Å². The first-order valence-corrected chi connectivity index (χ1v) is 11.1. The lowest BCUT2D eigenvalue weighted by Crippen LogP contribution is -2.36. The third-order valence-corrected chi connectivity index (χ3v) is 5.52. The lowest BCUT2D eigenvalue weighted by Gasteiger charge is -2.24. The number of benzene rings is 1. The lowest BCUT2D eigenvalue weighted by atomic mass is 10.1. The van der Waals surface area contributed by atoms with Crippen LogP contribution < -0.4 is 16.6 Å². The van der Waals surface area contributed by atoms with Gasteiger partial charge in [0.05, 0.1) is 35.2 Å². The Morgan fingerprint density at radius 1 is 1.21 bits per heavy atom. The van der Waals surface area contributed by atoms with Crippen molar-refractivity contribution in [1.29, 1.82) is 0 Å². The summed E-state index contributed by atoms with van der Waals surface area (Å²) >= 11 is 0. The van der Waals surface area contributed by atoms with E-state index in [4.69, 9.17) is 4.74 Å². The predicted octanol–water partition coefficient (Wildman–Crippen LogP) is 2.33. The second kappa shape index (κ2) is 9.12. The number of hydrogen-bond acceptors (Lipinski definition) is 6. The number of hydrogen-bond donors (Lipinski definition) is 2. The fraction of sp³-hybridized carbons (Fsp3) is 0.375. The molecule has 0 spiro atoms. The van der Waals surface area contributed by atoms with Gasteiger partial charge in [-0.05, 0) is 51.0 Å². The Morgan fingerprint density at radius 2 is 1.97 bits per heavy atom. The van der Waals surface area contributed by atoms with E-state index < -0.39 is 22.9 Å². The first kappa shape index (κ1) is 23.2. The monoisotopic (exact) mass is 465 g/mol. The number of aromatic nitrogens is 3. The number of fused-ring (bicyclic) bond motifs is 1. The van der Waals surface area contributed by atoms with Crippen LogP contribution >= 0.6 is 0 Å². The zero-order valence-corrected chi connectivity index (χ0v) is 19.3. The predicted molar refractivity (Wildman–Crippen MR) is 127 cm³/mol. The van der Waals surface area contributed by atoms with E-state index in [1.807, 2.05) is 0 Å². The first-order valence-electron chi connectivity index (χ1n) is 11.1. The second-order valence-electron chi connectivity index (χ2n) is 9.35. The van der Waals surface area contributed by atoms with Crippen LogP contribution in [0.1, 0.15) is 32.8 Å². The molecule has 1 atom stereocenters. The van der Waals surface area contributed by atoms with Gasteiger partial charge in [-0.3, -0.25) is 24.1 Å². The van der Waals surface area contributed by atoms with Gasteiger partial charge < -0.3 is 15.0 Å². The van der Waals surface area contributed by atoms with Crippen LogP contribution in [0.4, 0.5) is 10.5 Å². The minimum absolute atomic E-state index is 0.169. The zero-order chi connectivity index (χ0) is 24.5. The van der Waals surface area contributed by atoms with Crippen molar-refractivity contribution < 1.29 is 14.3 Å². The van der Waals surface area contributed by atoms with Crippen molar-refractivity contribution in [3.05, 3.63) is 69.1 Å². The van der Waals surface area contributed by atoms with Gasteiger partial charge in [-0.1, -0.05) is 12.1 Å². The van der Waals surface area contributed by atoms with Crippen LogP contribution in [-0.2, 0) is 16.1 Å². The van der Waals surface area contributed by atoms with Crippen molar-refractivity contribution in [3.63, 3.8) is 0 Å². The molecule has 1 aromatic carbocycles. The van der Waals surface area contributed by atoms with Crippen LogP contribution in [0.25, 0.3) is 10.9 Å².